The number of rotatable bonds is 5. The number of benzene rings is 2. The van der Waals surface area contributed by atoms with Gasteiger partial charge in [-0.25, -0.2) is 4.98 Å². The number of halogens is 1. The third-order valence-electron chi connectivity index (χ3n) is 3.38. The highest BCUT2D eigenvalue weighted by Crippen LogP contribution is 2.26. The second-order valence-corrected chi connectivity index (χ2v) is 6.99. The Morgan fingerprint density at radius 3 is 2.73 bits per heavy atom. The zero-order valence-corrected chi connectivity index (χ0v) is 15.7. The van der Waals surface area contributed by atoms with Crippen LogP contribution in [0.2, 0.25) is 0 Å². The first-order valence-electron chi connectivity index (χ1n) is 7.46. The Labute approximate surface area is 161 Å². The molecule has 26 heavy (non-hydrogen) atoms. The van der Waals surface area contributed by atoms with E-state index in [0.717, 1.165) is 15.7 Å². The molecule has 1 heterocycles. The van der Waals surface area contributed by atoms with Gasteiger partial charge in [0.2, 0.25) is 5.91 Å². The van der Waals surface area contributed by atoms with Gasteiger partial charge < -0.3 is 0 Å². The monoisotopic (exact) mass is 429 g/mol. The zero-order valence-electron chi connectivity index (χ0n) is 13.3. The average Bonchev–Trinajstić information content (AvgIpc) is 3.09. The van der Waals surface area contributed by atoms with Crippen molar-refractivity contribution in [3.63, 3.8) is 0 Å². The molecule has 130 valence electrons. The highest BCUT2D eigenvalue weighted by atomic mass is 79.9. The van der Waals surface area contributed by atoms with Crippen LogP contribution < -0.4 is 5.32 Å². The van der Waals surface area contributed by atoms with E-state index in [2.05, 4.69) is 26.2 Å². The van der Waals surface area contributed by atoms with E-state index in [0.29, 0.717) is 10.7 Å². The fourth-order valence-electron chi connectivity index (χ4n) is 2.15. The zero-order chi connectivity index (χ0) is 18.5. The lowest BCUT2D eigenvalue weighted by Gasteiger charge is -1.98. The molecule has 6 nitrogen and oxygen atoms in total. The minimum atomic E-state index is -0.476. The van der Waals surface area contributed by atoms with Crippen LogP contribution in [0.5, 0.6) is 0 Å². The standard InChI is InChI=1S/C18H12BrN3O3S/c19-14-7-5-13(6-8-14)16-11-26-18(20-16)21-17(23)9-4-12-2-1-3-15(10-12)22(24)25/h1-11H,(H,20,21,23). The topological polar surface area (TPSA) is 85.1 Å². The van der Waals surface area contributed by atoms with Crippen LogP contribution in [0.1, 0.15) is 5.56 Å². The molecule has 0 unspecified atom stereocenters. The molecule has 1 amide bonds. The molecule has 0 saturated heterocycles. The second-order valence-electron chi connectivity index (χ2n) is 5.22. The largest absolute Gasteiger partial charge is 0.298 e. The molecular weight excluding hydrogens is 418 g/mol. The molecule has 2 aromatic carbocycles. The Hall–Kier alpha value is -2.84. The van der Waals surface area contributed by atoms with E-state index in [1.807, 2.05) is 29.6 Å². The molecule has 0 radical (unpaired) electrons. The van der Waals surface area contributed by atoms with E-state index in [-0.39, 0.29) is 11.6 Å². The van der Waals surface area contributed by atoms with Crippen molar-refractivity contribution >= 4 is 50.1 Å². The average molecular weight is 430 g/mol. The van der Waals surface area contributed by atoms with Gasteiger partial charge in [0.1, 0.15) is 0 Å². The highest BCUT2D eigenvalue weighted by Gasteiger charge is 2.07. The lowest BCUT2D eigenvalue weighted by atomic mass is 10.2. The quantitative estimate of drug-likeness (QED) is 0.345. The summed E-state index contributed by atoms with van der Waals surface area (Å²) in [6, 6.07) is 13.8. The van der Waals surface area contributed by atoms with Crippen molar-refractivity contribution in [1.29, 1.82) is 0 Å². The number of nitrogens with zero attached hydrogens (tertiary/aromatic N) is 2. The van der Waals surface area contributed by atoms with E-state index in [4.69, 9.17) is 0 Å². The normalized spacial score (nSPS) is 10.8. The van der Waals surface area contributed by atoms with Crippen molar-refractivity contribution in [1.82, 2.24) is 4.98 Å². The number of non-ortho nitro benzene ring substituents is 1. The van der Waals surface area contributed by atoms with Gasteiger partial charge in [-0.1, -0.05) is 40.2 Å². The van der Waals surface area contributed by atoms with Crippen LogP contribution in [0.4, 0.5) is 10.8 Å². The maximum atomic E-state index is 12.0. The van der Waals surface area contributed by atoms with Gasteiger partial charge >= 0.3 is 0 Å². The number of anilines is 1. The molecule has 1 N–H and O–H groups in total. The lowest BCUT2D eigenvalue weighted by molar-refractivity contribution is -0.384. The second kappa shape index (κ2) is 8.03. The Morgan fingerprint density at radius 2 is 2.00 bits per heavy atom. The number of carbonyl (C=O) groups is 1. The number of nitrogens with one attached hydrogen (secondary N) is 1. The molecule has 0 aliphatic carbocycles. The molecule has 0 bridgehead atoms. The Bertz CT molecular complexity index is 983. The smallest absolute Gasteiger partial charge is 0.270 e. The summed E-state index contributed by atoms with van der Waals surface area (Å²) in [5.41, 5.74) is 2.29. The lowest BCUT2D eigenvalue weighted by Crippen LogP contribution is -2.07. The Morgan fingerprint density at radius 1 is 1.23 bits per heavy atom. The van der Waals surface area contributed by atoms with Gasteiger partial charge in [-0.15, -0.1) is 11.3 Å². The summed E-state index contributed by atoms with van der Waals surface area (Å²) < 4.78 is 0.983. The van der Waals surface area contributed by atoms with Gasteiger partial charge in [-0.2, -0.15) is 0 Å². The minimum Gasteiger partial charge on any atom is -0.298 e. The molecule has 0 spiro atoms. The maximum Gasteiger partial charge on any atom is 0.270 e. The minimum absolute atomic E-state index is 0.0216. The van der Waals surface area contributed by atoms with Crippen molar-refractivity contribution < 1.29 is 9.72 Å². The number of amides is 1. The van der Waals surface area contributed by atoms with E-state index in [1.165, 1.54) is 35.6 Å². The molecule has 3 aromatic rings. The summed E-state index contributed by atoms with van der Waals surface area (Å²) in [5.74, 6) is -0.354. The Kier molecular flexibility index (Phi) is 5.55. The Balaban J connectivity index is 1.66. The van der Waals surface area contributed by atoms with Crippen LogP contribution in [-0.2, 0) is 4.79 Å². The fraction of sp³-hybridized carbons (Fsp3) is 0. The van der Waals surface area contributed by atoms with Crippen molar-refractivity contribution in [2.24, 2.45) is 0 Å². The van der Waals surface area contributed by atoms with Crippen LogP contribution in [0, 0.1) is 10.1 Å². The van der Waals surface area contributed by atoms with E-state index in [1.54, 1.807) is 12.1 Å². The first-order valence-corrected chi connectivity index (χ1v) is 9.13. The molecule has 0 fully saturated rings. The van der Waals surface area contributed by atoms with Crippen LogP contribution >= 0.6 is 27.3 Å². The summed E-state index contributed by atoms with van der Waals surface area (Å²) in [6.45, 7) is 0. The predicted molar refractivity (Wildman–Crippen MR) is 106 cm³/mol. The number of aromatic nitrogens is 1. The summed E-state index contributed by atoms with van der Waals surface area (Å²) in [7, 11) is 0. The van der Waals surface area contributed by atoms with E-state index >= 15 is 0 Å². The van der Waals surface area contributed by atoms with Gasteiger partial charge in [-0.3, -0.25) is 20.2 Å². The van der Waals surface area contributed by atoms with Gasteiger partial charge in [-0.05, 0) is 23.8 Å². The summed E-state index contributed by atoms with van der Waals surface area (Å²) in [6.07, 6.45) is 2.84. The third kappa shape index (κ3) is 4.62. The first-order chi connectivity index (χ1) is 12.5. The van der Waals surface area contributed by atoms with Crippen molar-refractivity contribution in [2.45, 2.75) is 0 Å². The van der Waals surface area contributed by atoms with Crippen LogP contribution in [-0.4, -0.2) is 15.8 Å². The number of nitro groups is 1. The maximum absolute atomic E-state index is 12.0. The van der Waals surface area contributed by atoms with Gasteiger partial charge in [0, 0.05) is 33.6 Å². The van der Waals surface area contributed by atoms with Crippen LogP contribution in [0.15, 0.2) is 64.5 Å². The SMILES string of the molecule is O=C(C=Cc1cccc([N+](=O)[O-])c1)Nc1nc(-c2ccc(Br)cc2)cs1. The highest BCUT2D eigenvalue weighted by molar-refractivity contribution is 9.10. The molecule has 0 saturated carbocycles. The number of carbonyl (C=O) groups excluding carboxylic acids is 1. The van der Waals surface area contributed by atoms with Crippen molar-refractivity contribution in [3.8, 4) is 11.3 Å². The summed E-state index contributed by atoms with van der Waals surface area (Å²) in [4.78, 5) is 26.7. The summed E-state index contributed by atoms with van der Waals surface area (Å²) in [5, 5.41) is 15.8. The molecule has 3 rings (SSSR count). The molecule has 0 aliphatic heterocycles. The number of hydrogen-bond acceptors (Lipinski definition) is 5. The number of nitro benzene ring substituents is 1. The summed E-state index contributed by atoms with van der Waals surface area (Å²) >= 11 is 4.71. The number of hydrogen-bond donors (Lipinski definition) is 1. The van der Waals surface area contributed by atoms with Gasteiger partial charge in [0.15, 0.2) is 5.13 Å². The van der Waals surface area contributed by atoms with Crippen molar-refractivity contribution in [2.75, 3.05) is 5.32 Å². The van der Waals surface area contributed by atoms with Gasteiger partial charge in [0.05, 0.1) is 10.6 Å². The molecular formula is C18H12BrN3O3S. The number of thiazole rings is 1. The van der Waals surface area contributed by atoms with Crippen LogP contribution in [0.3, 0.4) is 0 Å². The molecule has 0 aliphatic rings. The van der Waals surface area contributed by atoms with E-state index in [9.17, 15) is 14.9 Å². The van der Waals surface area contributed by atoms with Crippen molar-refractivity contribution in [3.05, 3.63) is 80.1 Å². The van der Waals surface area contributed by atoms with Crippen LogP contribution in [0.25, 0.3) is 17.3 Å². The molecule has 1 aromatic heterocycles. The molecule has 0 atom stereocenters. The van der Waals surface area contributed by atoms with Gasteiger partial charge in [0.25, 0.3) is 5.69 Å². The third-order valence-corrected chi connectivity index (χ3v) is 4.67. The fourth-order valence-corrected chi connectivity index (χ4v) is 3.13. The first kappa shape index (κ1) is 18.0. The molecule has 8 heteroatoms. The predicted octanol–water partition coefficient (Wildman–Crippen LogP) is 5.13. The van der Waals surface area contributed by atoms with E-state index < -0.39 is 4.92 Å².